The maximum atomic E-state index is 12.0. The van der Waals surface area contributed by atoms with Crippen LogP contribution in [0.5, 0.6) is 11.6 Å². The normalized spacial score (nSPS) is 16.1. The average Bonchev–Trinajstić information content (AvgIpc) is 3.33. The Kier molecular flexibility index (Phi) is 5.54. The fourth-order valence-corrected chi connectivity index (χ4v) is 4.66. The number of hydrogen-bond donors (Lipinski definition) is 1. The summed E-state index contributed by atoms with van der Waals surface area (Å²) in [5.41, 5.74) is 1.02. The predicted molar refractivity (Wildman–Crippen MR) is 108 cm³/mol. The SMILES string of the molecule is CCOC(=O)N1CCN(C(c2ccc(OC)cc2)c2sc3ncnn3c2O)CC1. The molecule has 2 aromatic heterocycles. The quantitative estimate of drug-likeness (QED) is 0.681. The van der Waals surface area contributed by atoms with Crippen molar-refractivity contribution in [3.8, 4) is 11.6 Å². The number of nitrogens with zero attached hydrogens (tertiary/aromatic N) is 5. The Morgan fingerprint density at radius 2 is 1.97 bits per heavy atom. The van der Waals surface area contributed by atoms with Crippen molar-refractivity contribution >= 4 is 22.4 Å². The Balaban J connectivity index is 1.64. The Labute approximate surface area is 172 Å². The average molecular weight is 417 g/mol. The lowest BCUT2D eigenvalue weighted by atomic mass is 10.0. The van der Waals surface area contributed by atoms with E-state index >= 15 is 0 Å². The van der Waals surface area contributed by atoms with Crippen LogP contribution in [0.3, 0.4) is 0 Å². The zero-order valence-corrected chi connectivity index (χ0v) is 17.1. The number of rotatable bonds is 5. The van der Waals surface area contributed by atoms with Gasteiger partial charge in [-0.25, -0.2) is 9.78 Å². The van der Waals surface area contributed by atoms with Gasteiger partial charge in [-0.3, -0.25) is 4.90 Å². The molecule has 0 saturated carbocycles. The minimum atomic E-state index is -0.283. The van der Waals surface area contributed by atoms with Crippen LogP contribution in [0.25, 0.3) is 4.96 Å². The van der Waals surface area contributed by atoms with Gasteiger partial charge in [0.2, 0.25) is 10.8 Å². The minimum absolute atomic E-state index is 0.0936. The van der Waals surface area contributed by atoms with Crippen LogP contribution < -0.4 is 4.74 Å². The molecular formula is C19H23N5O4S. The van der Waals surface area contributed by atoms with Gasteiger partial charge in [0.15, 0.2) is 0 Å². The van der Waals surface area contributed by atoms with Gasteiger partial charge < -0.3 is 19.5 Å². The van der Waals surface area contributed by atoms with E-state index in [1.54, 1.807) is 18.9 Å². The Morgan fingerprint density at radius 3 is 2.59 bits per heavy atom. The first-order valence-electron chi connectivity index (χ1n) is 9.43. The molecule has 4 rings (SSSR count). The molecule has 3 heterocycles. The lowest BCUT2D eigenvalue weighted by Gasteiger charge is -2.38. The summed E-state index contributed by atoms with van der Waals surface area (Å²) in [4.78, 5) is 21.6. The van der Waals surface area contributed by atoms with Gasteiger partial charge in [-0.15, -0.1) is 0 Å². The summed E-state index contributed by atoms with van der Waals surface area (Å²) in [5, 5.41) is 14.9. The number of ether oxygens (including phenoxy) is 2. The summed E-state index contributed by atoms with van der Waals surface area (Å²) < 4.78 is 11.8. The van der Waals surface area contributed by atoms with E-state index in [1.165, 1.54) is 22.2 Å². The predicted octanol–water partition coefficient (Wildman–Crippen LogP) is 2.37. The van der Waals surface area contributed by atoms with Gasteiger partial charge >= 0.3 is 6.09 Å². The molecule has 3 aromatic rings. The molecule has 0 radical (unpaired) electrons. The highest BCUT2D eigenvalue weighted by molar-refractivity contribution is 7.17. The number of amides is 1. The Morgan fingerprint density at radius 1 is 1.24 bits per heavy atom. The third-order valence-electron chi connectivity index (χ3n) is 5.02. The number of fused-ring (bicyclic) bond motifs is 1. The highest BCUT2D eigenvalue weighted by atomic mass is 32.1. The summed E-state index contributed by atoms with van der Waals surface area (Å²) in [6.45, 7) is 4.60. The van der Waals surface area contributed by atoms with E-state index in [0.29, 0.717) is 37.7 Å². The lowest BCUT2D eigenvalue weighted by molar-refractivity contribution is 0.0715. The van der Waals surface area contributed by atoms with Crippen molar-refractivity contribution in [3.05, 3.63) is 41.0 Å². The number of carbonyl (C=O) groups is 1. The van der Waals surface area contributed by atoms with Gasteiger partial charge in [-0.1, -0.05) is 23.5 Å². The first-order valence-corrected chi connectivity index (χ1v) is 10.2. The summed E-state index contributed by atoms with van der Waals surface area (Å²) in [6, 6.07) is 7.63. The summed E-state index contributed by atoms with van der Waals surface area (Å²) in [7, 11) is 1.63. The third-order valence-corrected chi connectivity index (χ3v) is 6.11. The molecule has 9 nitrogen and oxygen atoms in total. The first kappa shape index (κ1) is 19.5. The second-order valence-electron chi connectivity index (χ2n) is 6.64. The van der Waals surface area contributed by atoms with E-state index in [9.17, 15) is 9.90 Å². The molecule has 1 aromatic carbocycles. The molecule has 1 atom stereocenters. The van der Waals surface area contributed by atoms with E-state index in [0.717, 1.165) is 16.2 Å². The largest absolute Gasteiger partial charge is 0.497 e. The molecular weight excluding hydrogens is 394 g/mol. The number of carbonyl (C=O) groups excluding carboxylic acids is 1. The Bertz CT molecular complexity index is 978. The van der Waals surface area contributed by atoms with Gasteiger partial charge in [0, 0.05) is 26.2 Å². The molecule has 0 bridgehead atoms. The number of benzene rings is 1. The molecule has 1 fully saturated rings. The fraction of sp³-hybridized carbons (Fsp3) is 0.421. The van der Waals surface area contributed by atoms with Crippen LogP contribution in [0.2, 0.25) is 0 Å². The summed E-state index contributed by atoms with van der Waals surface area (Å²) in [6.07, 6.45) is 1.14. The first-order chi connectivity index (χ1) is 14.1. The van der Waals surface area contributed by atoms with E-state index in [2.05, 4.69) is 15.0 Å². The second-order valence-corrected chi connectivity index (χ2v) is 7.65. The molecule has 1 saturated heterocycles. The monoisotopic (exact) mass is 417 g/mol. The van der Waals surface area contributed by atoms with Crippen molar-refractivity contribution in [2.24, 2.45) is 0 Å². The number of hydrogen-bond acceptors (Lipinski definition) is 8. The van der Waals surface area contributed by atoms with Crippen LogP contribution in [0.15, 0.2) is 30.6 Å². The molecule has 1 N–H and O–H groups in total. The number of thiazole rings is 1. The molecule has 1 amide bonds. The van der Waals surface area contributed by atoms with Crippen LogP contribution in [0.1, 0.15) is 23.4 Å². The minimum Gasteiger partial charge on any atom is -0.497 e. The smallest absolute Gasteiger partial charge is 0.409 e. The number of aromatic hydroxyl groups is 1. The molecule has 0 spiro atoms. The van der Waals surface area contributed by atoms with Crippen molar-refractivity contribution in [3.63, 3.8) is 0 Å². The zero-order valence-electron chi connectivity index (χ0n) is 16.3. The van der Waals surface area contributed by atoms with Gasteiger partial charge in [0.1, 0.15) is 12.1 Å². The van der Waals surface area contributed by atoms with Gasteiger partial charge in [-0.05, 0) is 24.6 Å². The van der Waals surface area contributed by atoms with Crippen LogP contribution in [-0.4, -0.2) is 75.5 Å². The molecule has 0 aliphatic carbocycles. The molecule has 10 heteroatoms. The van der Waals surface area contributed by atoms with Crippen LogP contribution in [-0.2, 0) is 4.74 Å². The lowest BCUT2D eigenvalue weighted by Crippen LogP contribution is -2.49. The van der Waals surface area contributed by atoms with E-state index in [1.807, 2.05) is 24.3 Å². The summed E-state index contributed by atoms with van der Waals surface area (Å²) >= 11 is 1.41. The molecule has 1 unspecified atom stereocenters. The zero-order chi connectivity index (χ0) is 20.4. The van der Waals surface area contributed by atoms with Crippen LogP contribution in [0.4, 0.5) is 4.79 Å². The highest BCUT2D eigenvalue weighted by Crippen LogP contribution is 2.40. The van der Waals surface area contributed by atoms with Gasteiger partial charge in [0.25, 0.3) is 0 Å². The maximum Gasteiger partial charge on any atom is 0.409 e. The highest BCUT2D eigenvalue weighted by Gasteiger charge is 2.32. The van der Waals surface area contributed by atoms with E-state index in [4.69, 9.17) is 9.47 Å². The fourth-order valence-electron chi connectivity index (χ4n) is 3.56. The van der Waals surface area contributed by atoms with Crippen molar-refractivity contribution in [1.29, 1.82) is 0 Å². The Hall–Kier alpha value is -2.85. The van der Waals surface area contributed by atoms with Crippen LogP contribution in [0, 0.1) is 0 Å². The number of aromatic nitrogens is 3. The number of methoxy groups -OCH3 is 1. The van der Waals surface area contributed by atoms with E-state index in [-0.39, 0.29) is 18.0 Å². The van der Waals surface area contributed by atoms with Gasteiger partial charge in [0.05, 0.1) is 24.6 Å². The molecule has 154 valence electrons. The standard InChI is InChI=1S/C19H23N5O4S/c1-3-28-19(26)23-10-8-22(9-11-23)15(13-4-6-14(27-2)7-5-13)16-17(25)24-18(29-16)20-12-21-24/h4-7,12,15,25H,3,8-11H2,1-2H3. The topological polar surface area (TPSA) is 92.4 Å². The molecule has 1 aliphatic rings. The van der Waals surface area contributed by atoms with E-state index < -0.39 is 0 Å². The number of piperazine rings is 1. The summed E-state index contributed by atoms with van der Waals surface area (Å²) in [5.74, 6) is 0.864. The third kappa shape index (κ3) is 3.73. The van der Waals surface area contributed by atoms with Gasteiger partial charge in [-0.2, -0.15) is 9.61 Å². The molecule has 29 heavy (non-hydrogen) atoms. The second kappa shape index (κ2) is 8.26. The van der Waals surface area contributed by atoms with Crippen LogP contribution >= 0.6 is 11.3 Å². The van der Waals surface area contributed by atoms with Crippen molar-refractivity contribution in [1.82, 2.24) is 24.4 Å². The maximum absolute atomic E-state index is 12.0. The molecule has 1 aliphatic heterocycles. The van der Waals surface area contributed by atoms with Crippen molar-refractivity contribution in [2.75, 3.05) is 39.9 Å². The van der Waals surface area contributed by atoms with Crippen molar-refractivity contribution in [2.45, 2.75) is 13.0 Å². The van der Waals surface area contributed by atoms with Crippen molar-refractivity contribution < 1.29 is 19.4 Å².